The summed E-state index contributed by atoms with van der Waals surface area (Å²) in [5.41, 5.74) is 2.72. The summed E-state index contributed by atoms with van der Waals surface area (Å²) < 4.78 is 1.32. The molecule has 0 aliphatic carbocycles. The third kappa shape index (κ3) is 2.83. The van der Waals surface area contributed by atoms with Gasteiger partial charge in [-0.3, -0.25) is 0 Å². The van der Waals surface area contributed by atoms with Crippen LogP contribution in [0.25, 0.3) is 0 Å². The molecule has 1 saturated heterocycles. The van der Waals surface area contributed by atoms with Crippen molar-refractivity contribution >= 4 is 28.3 Å². The van der Waals surface area contributed by atoms with Crippen molar-refractivity contribution in [2.45, 2.75) is 19.0 Å². The van der Waals surface area contributed by atoms with E-state index >= 15 is 0 Å². The van der Waals surface area contributed by atoms with Gasteiger partial charge in [0.1, 0.15) is 0 Å². The van der Waals surface area contributed by atoms with Crippen molar-refractivity contribution in [3.8, 4) is 0 Å². The maximum atomic E-state index is 3.66. The van der Waals surface area contributed by atoms with Crippen molar-refractivity contribution in [3.05, 3.63) is 63.7 Å². The molecule has 2 aromatic carbocycles. The van der Waals surface area contributed by atoms with E-state index in [2.05, 4.69) is 94.3 Å². The van der Waals surface area contributed by atoms with Gasteiger partial charge in [0.15, 0.2) is 0 Å². The average molecular weight is 378 g/mol. The van der Waals surface area contributed by atoms with Crippen LogP contribution in [0.4, 0.5) is 5.69 Å². The van der Waals surface area contributed by atoms with Crippen LogP contribution in [-0.4, -0.2) is 19.1 Å². The van der Waals surface area contributed by atoms with Gasteiger partial charge in [-0.25, -0.2) is 0 Å². The molecule has 1 heterocycles. The molecule has 2 nitrogen and oxygen atoms in total. The molecule has 0 saturated carbocycles. The Balaban J connectivity index is 1.86. The fourth-order valence-corrected chi connectivity index (χ4v) is 3.49. The van der Waals surface area contributed by atoms with Gasteiger partial charge >= 0.3 is 0 Å². The van der Waals surface area contributed by atoms with Gasteiger partial charge in [0.2, 0.25) is 0 Å². The van der Waals surface area contributed by atoms with Crippen LogP contribution in [0.3, 0.4) is 0 Å². The summed E-state index contributed by atoms with van der Waals surface area (Å²) in [7, 11) is 0. The van der Waals surface area contributed by atoms with Gasteiger partial charge in [0.25, 0.3) is 0 Å². The molecule has 1 aliphatic rings. The van der Waals surface area contributed by atoms with E-state index in [4.69, 9.17) is 0 Å². The molecule has 0 bridgehead atoms. The molecule has 3 heteroatoms. The molecule has 104 valence electrons. The fraction of sp³-hybridized carbons (Fsp3) is 0.294. The minimum atomic E-state index is 0.406. The summed E-state index contributed by atoms with van der Waals surface area (Å²) in [5.74, 6) is 0. The summed E-state index contributed by atoms with van der Waals surface area (Å²) in [4.78, 5) is 2.52. The number of hydrogen-bond acceptors (Lipinski definition) is 2. The van der Waals surface area contributed by atoms with E-state index in [-0.39, 0.29) is 0 Å². The zero-order valence-corrected chi connectivity index (χ0v) is 13.7. The van der Waals surface area contributed by atoms with Gasteiger partial charge in [-0.1, -0.05) is 42.5 Å². The smallest absolute Gasteiger partial charge is 0.0505 e. The van der Waals surface area contributed by atoms with E-state index in [0.717, 1.165) is 13.1 Å². The SMILES string of the molecule is CC1CNC(c2ccccc2)CN1c1ccccc1I. The summed E-state index contributed by atoms with van der Waals surface area (Å²) in [6.45, 7) is 4.33. The standard InChI is InChI=1S/C17H19IN2/c1-13-11-19-16(14-7-3-2-4-8-14)12-20(13)17-10-6-5-9-15(17)18/h2-10,13,16,19H,11-12H2,1H3. The average Bonchev–Trinajstić information content (AvgIpc) is 2.49. The number of nitrogens with zero attached hydrogens (tertiary/aromatic N) is 1. The number of hydrogen-bond donors (Lipinski definition) is 1. The Hall–Kier alpha value is -1.07. The molecule has 1 fully saturated rings. The highest BCUT2D eigenvalue weighted by atomic mass is 127. The highest BCUT2D eigenvalue weighted by molar-refractivity contribution is 14.1. The summed E-state index contributed by atoms with van der Waals surface area (Å²) in [6.07, 6.45) is 0. The van der Waals surface area contributed by atoms with Gasteiger partial charge in [-0.2, -0.15) is 0 Å². The Morgan fingerprint density at radius 3 is 2.50 bits per heavy atom. The molecular weight excluding hydrogens is 359 g/mol. The third-order valence-corrected chi connectivity index (χ3v) is 4.85. The van der Waals surface area contributed by atoms with E-state index in [1.807, 2.05) is 0 Å². The van der Waals surface area contributed by atoms with Gasteiger partial charge < -0.3 is 10.2 Å². The first-order valence-electron chi connectivity index (χ1n) is 7.05. The van der Waals surface area contributed by atoms with Crippen molar-refractivity contribution in [3.63, 3.8) is 0 Å². The van der Waals surface area contributed by atoms with Crippen LogP contribution in [0.2, 0.25) is 0 Å². The molecule has 20 heavy (non-hydrogen) atoms. The molecule has 1 aliphatic heterocycles. The van der Waals surface area contributed by atoms with Gasteiger partial charge in [-0.05, 0) is 47.2 Å². The highest BCUT2D eigenvalue weighted by Gasteiger charge is 2.26. The van der Waals surface area contributed by atoms with Gasteiger partial charge in [-0.15, -0.1) is 0 Å². The van der Waals surface area contributed by atoms with Crippen LogP contribution in [0.5, 0.6) is 0 Å². The fourth-order valence-electron chi connectivity index (χ4n) is 2.79. The van der Waals surface area contributed by atoms with E-state index in [9.17, 15) is 0 Å². The monoisotopic (exact) mass is 378 g/mol. The summed E-state index contributed by atoms with van der Waals surface area (Å²) in [6, 6.07) is 20.3. The van der Waals surface area contributed by atoms with Crippen LogP contribution in [0.1, 0.15) is 18.5 Å². The Morgan fingerprint density at radius 1 is 1.05 bits per heavy atom. The number of halogens is 1. The molecule has 1 N–H and O–H groups in total. The Kier molecular flexibility index (Phi) is 4.27. The van der Waals surface area contributed by atoms with E-state index in [1.165, 1.54) is 14.8 Å². The number of piperazine rings is 1. The van der Waals surface area contributed by atoms with Crippen LogP contribution in [0.15, 0.2) is 54.6 Å². The normalized spacial score (nSPS) is 22.8. The van der Waals surface area contributed by atoms with Crippen molar-refractivity contribution < 1.29 is 0 Å². The first-order chi connectivity index (χ1) is 9.75. The second-order valence-electron chi connectivity index (χ2n) is 5.32. The topological polar surface area (TPSA) is 15.3 Å². The number of benzene rings is 2. The van der Waals surface area contributed by atoms with Crippen LogP contribution < -0.4 is 10.2 Å². The van der Waals surface area contributed by atoms with Crippen LogP contribution in [-0.2, 0) is 0 Å². The van der Waals surface area contributed by atoms with Crippen molar-refractivity contribution in [2.24, 2.45) is 0 Å². The quantitative estimate of drug-likeness (QED) is 0.800. The molecule has 0 amide bonds. The van der Waals surface area contributed by atoms with Gasteiger partial charge in [0.05, 0.1) is 5.69 Å². The molecule has 0 spiro atoms. The second kappa shape index (κ2) is 6.14. The summed E-state index contributed by atoms with van der Waals surface area (Å²) >= 11 is 2.43. The molecule has 0 aromatic heterocycles. The van der Waals surface area contributed by atoms with E-state index < -0.39 is 0 Å². The number of anilines is 1. The zero-order valence-electron chi connectivity index (χ0n) is 11.6. The predicted octanol–water partition coefficient (Wildman–Crippen LogP) is 3.83. The molecule has 2 aromatic rings. The Bertz CT molecular complexity index is 570. The molecule has 2 atom stereocenters. The summed E-state index contributed by atoms with van der Waals surface area (Å²) in [5, 5.41) is 3.66. The lowest BCUT2D eigenvalue weighted by Gasteiger charge is -2.41. The minimum Gasteiger partial charge on any atom is -0.365 e. The van der Waals surface area contributed by atoms with Crippen LogP contribution in [0, 0.1) is 3.57 Å². The highest BCUT2D eigenvalue weighted by Crippen LogP contribution is 2.28. The number of nitrogens with one attached hydrogen (secondary N) is 1. The lowest BCUT2D eigenvalue weighted by atomic mass is 10.0. The predicted molar refractivity (Wildman–Crippen MR) is 93.2 cm³/mol. The Labute approximate surface area is 134 Å². The molecule has 3 rings (SSSR count). The molecule has 2 unspecified atom stereocenters. The van der Waals surface area contributed by atoms with Crippen molar-refractivity contribution in [1.82, 2.24) is 5.32 Å². The van der Waals surface area contributed by atoms with Crippen LogP contribution >= 0.6 is 22.6 Å². The first kappa shape index (κ1) is 13.9. The lowest BCUT2D eigenvalue weighted by Crippen LogP contribution is -2.51. The maximum Gasteiger partial charge on any atom is 0.0505 e. The van der Waals surface area contributed by atoms with E-state index in [0.29, 0.717) is 12.1 Å². The third-order valence-electron chi connectivity index (χ3n) is 3.93. The van der Waals surface area contributed by atoms with Crippen molar-refractivity contribution in [1.29, 1.82) is 0 Å². The number of rotatable bonds is 2. The minimum absolute atomic E-state index is 0.406. The van der Waals surface area contributed by atoms with Gasteiger partial charge in [0, 0.05) is 28.7 Å². The lowest BCUT2D eigenvalue weighted by molar-refractivity contribution is 0.414. The largest absolute Gasteiger partial charge is 0.365 e. The van der Waals surface area contributed by atoms with Crippen molar-refractivity contribution in [2.75, 3.05) is 18.0 Å². The Morgan fingerprint density at radius 2 is 1.75 bits per heavy atom. The molecule has 0 radical (unpaired) electrons. The number of para-hydroxylation sites is 1. The first-order valence-corrected chi connectivity index (χ1v) is 8.13. The zero-order chi connectivity index (χ0) is 13.9. The molecular formula is C17H19IN2. The second-order valence-corrected chi connectivity index (χ2v) is 6.49. The van der Waals surface area contributed by atoms with E-state index in [1.54, 1.807) is 0 Å². The maximum absolute atomic E-state index is 3.66.